The number of hydrogen-bond donors (Lipinski definition) is 1. The third kappa shape index (κ3) is 3.51. The van der Waals surface area contributed by atoms with Crippen molar-refractivity contribution in [2.24, 2.45) is 11.7 Å². The number of rotatable bonds is 5. The summed E-state index contributed by atoms with van der Waals surface area (Å²) in [5.74, 6) is 0.304. The van der Waals surface area contributed by atoms with Gasteiger partial charge in [-0.1, -0.05) is 13.3 Å². The molecule has 0 radical (unpaired) electrons. The molecular weight excluding hydrogens is 191 g/mol. The van der Waals surface area contributed by atoms with E-state index in [9.17, 15) is 4.39 Å². The second kappa shape index (κ2) is 5.71. The molecule has 0 heterocycles. The van der Waals surface area contributed by atoms with E-state index in [2.05, 4.69) is 11.8 Å². The van der Waals surface area contributed by atoms with Crippen molar-refractivity contribution >= 4 is 5.69 Å². The summed E-state index contributed by atoms with van der Waals surface area (Å²) < 4.78 is 12.7. The van der Waals surface area contributed by atoms with Gasteiger partial charge in [0.1, 0.15) is 5.82 Å². The van der Waals surface area contributed by atoms with Crippen LogP contribution in [0, 0.1) is 11.7 Å². The molecule has 0 aliphatic carbocycles. The average molecular weight is 210 g/mol. The van der Waals surface area contributed by atoms with Crippen LogP contribution in [0.25, 0.3) is 0 Å². The lowest BCUT2D eigenvalue weighted by molar-refractivity contribution is 0.521. The predicted octanol–water partition coefficient (Wildman–Crippen LogP) is 2.25. The Kier molecular flexibility index (Phi) is 4.56. The van der Waals surface area contributed by atoms with Crippen LogP contribution >= 0.6 is 0 Å². The maximum atomic E-state index is 12.7. The van der Waals surface area contributed by atoms with E-state index in [0.717, 1.165) is 18.7 Å². The van der Waals surface area contributed by atoms with Crippen LogP contribution in [0.3, 0.4) is 0 Å². The van der Waals surface area contributed by atoms with E-state index in [0.29, 0.717) is 12.5 Å². The van der Waals surface area contributed by atoms with Crippen LogP contribution in [0.5, 0.6) is 0 Å². The monoisotopic (exact) mass is 210 g/mol. The summed E-state index contributed by atoms with van der Waals surface area (Å²) in [7, 11) is 2.01. The van der Waals surface area contributed by atoms with Gasteiger partial charge in [0.2, 0.25) is 0 Å². The molecule has 84 valence electrons. The Morgan fingerprint density at radius 3 is 2.40 bits per heavy atom. The second-order valence-electron chi connectivity index (χ2n) is 3.87. The smallest absolute Gasteiger partial charge is 0.123 e. The molecule has 2 nitrogen and oxygen atoms in total. The Morgan fingerprint density at radius 2 is 1.93 bits per heavy atom. The van der Waals surface area contributed by atoms with Crippen LogP contribution in [-0.4, -0.2) is 20.1 Å². The van der Waals surface area contributed by atoms with Crippen molar-refractivity contribution in [3.05, 3.63) is 30.1 Å². The molecule has 2 N–H and O–H groups in total. The Hall–Kier alpha value is -1.09. The second-order valence-corrected chi connectivity index (χ2v) is 3.87. The zero-order valence-electron chi connectivity index (χ0n) is 9.41. The Labute approximate surface area is 90.9 Å². The van der Waals surface area contributed by atoms with Crippen molar-refractivity contribution in [1.82, 2.24) is 0 Å². The number of benzene rings is 1. The molecule has 1 atom stereocenters. The number of nitrogens with zero attached hydrogens (tertiary/aromatic N) is 1. The summed E-state index contributed by atoms with van der Waals surface area (Å²) in [5, 5.41) is 0. The van der Waals surface area contributed by atoms with E-state index < -0.39 is 0 Å². The summed E-state index contributed by atoms with van der Waals surface area (Å²) in [4.78, 5) is 2.11. The first-order valence-electron chi connectivity index (χ1n) is 5.34. The normalized spacial score (nSPS) is 12.5. The Balaban J connectivity index is 2.60. The maximum absolute atomic E-state index is 12.7. The zero-order chi connectivity index (χ0) is 11.3. The third-order valence-electron chi connectivity index (χ3n) is 2.71. The van der Waals surface area contributed by atoms with Crippen LogP contribution in [-0.2, 0) is 0 Å². The Bertz CT molecular complexity index is 280. The van der Waals surface area contributed by atoms with Gasteiger partial charge in [0.05, 0.1) is 0 Å². The first-order chi connectivity index (χ1) is 7.17. The van der Waals surface area contributed by atoms with Gasteiger partial charge in [0.25, 0.3) is 0 Å². The standard InChI is InChI=1S/C12H19FN2/c1-3-10(8-14)9-15(2)12-6-4-11(13)5-7-12/h4-7,10H,3,8-9,14H2,1-2H3. The van der Waals surface area contributed by atoms with E-state index in [1.54, 1.807) is 12.1 Å². The van der Waals surface area contributed by atoms with Gasteiger partial charge in [0, 0.05) is 19.3 Å². The van der Waals surface area contributed by atoms with Gasteiger partial charge in [-0.3, -0.25) is 0 Å². The van der Waals surface area contributed by atoms with Crippen LogP contribution in [0.1, 0.15) is 13.3 Å². The fraction of sp³-hybridized carbons (Fsp3) is 0.500. The topological polar surface area (TPSA) is 29.3 Å². The first kappa shape index (κ1) is 12.0. The van der Waals surface area contributed by atoms with Crippen molar-refractivity contribution in [1.29, 1.82) is 0 Å². The molecule has 1 aromatic carbocycles. The largest absolute Gasteiger partial charge is 0.374 e. The van der Waals surface area contributed by atoms with E-state index in [4.69, 9.17) is 5.73 Å². The van der Waals surface area contributed by atoms with Crippen molar-refractivity contribution in [3.63, 3.8) is 0 Å². The molecule has 0 amide bonds. The SMILES string of the molecule is CCC(CN)CN(C)c1ccc(F)cc1. The molecule has 1 aromatic rings. The van der Waals surface area contributed by atoms with Gasteiger partial charge in [-0.25, -0.2) is 4.39 Å². The highest BCUT2D eigenvalue weighted by molar-refractivity contribution is 5.45. The van der Waals surface area contributed by atoms with Crippen molar-refractivity contribution in [2.75, 3.05) is 25.0 Å². The van der Waals surface area contributed by atoms with Crippen LogP contribution in [0.15, 0.2) is 24.3 Å². The molecule has 1 unspecified atom stereocenters. The van der Waals surface area contributed by atoms with E-state index in [1.807, 2.05) is 7.05 Å². The quantitative estimate of drug-likeness (QED) is 0.807. The van der Waals surface area contributed by atoms with Crippen molar-refractivity contribution < 1.29 is 4.39 Å². The molecule has 0 bridgehead atoms. The summed E-state index contributed by atoms with van der Waals surface area (Å²) in [6, 6.07) is 6.54. The van der Waals surface area contributed by atoms with E-state index in [-0.39, 0.29) is 5.82 Å². The van der Waals surface area contributed by atoms with Crippen LogP contribution < -0.4 is 10.6 Å². The summed E-state index contributed by atoms with van der Waals surface area (Å²) >= 11 is 0. The maximum Gasteiger partial charge on any atom is 0.123 e. The molecule has 0 aliphatic heterocycles. The lowest BCUT2D eigenvalue weighted by Crippen LogP contribution is -2.29. The highest BCUT2D eigenvalue weighted by Crippen LogP contribution is 2.15. The minimum absolute atomic E-state index is 0.196. The molecule has 0 aliphatic rings. The molecule has 0 fully saturated rings. The fourth-order valence-corrected chi connectivity index (χ4v) is 1.56. The van der Waals surface area contributed by atoms with Crippen molar-refractivity contribution in [2.45, 2.75) is 13.3 Å². The summed E-state index contributed by atoms with van der Waals surface area (Å²) in [5.41, 5.74) is 6.68. The van der Waals surface area contributed by atoms with Gasteiger partial charge in [0.15, 0.2) is 0 Å². The highest BCUT2D eigenvalue weighted by atomic mass is 19.1. The fourth-order valence-electron chi connectivity index (χ4n) is 1.56. The van der Waals surface area contributed by atoms with E-state index >= 15 is 0 Å². The van der Waals surface area contributed by atoms with Gasteiger partial charge >= 0.3 is 0 Å². The van der Waals surface area contributed by atoms with Gasteiger partial charge < -0.3 is 10.6 Å². The molecule has 15 heavy (non-hydrogen) atoms. The number of nitrogens with two attached hydrogens (primary N) is 1. The molecule has 0 saturated heterocycles. The zero-order valence-corrected chi connectivity index (χ0v) is 9.41. The highest BCUT2D eigenvalue weighted by Gasteiger charge is 2.08. The Morgan fingerprint density at radius 1 is 1.33 bits per heavy atom. The molecule has 0 spiro atoms. The molecule has 0 aromatic heterocycles. The van der Waals surface area contributed by atoms with Gasteiger partial charge in [-0.05, 0) is 36.7 Å². The minimum Gasteiger partial charge on any atom is -0.374 e. The molecular formula is C12H19FN2. The van der Waals surface area contributed by atoms with Gasteiger partial charge in [-0.15, -0.1) is 0 Å². The lowest BCUT2D eigenvalue weighted by Gasteiger charge is -2.24. The van der Waals surface area contributed by atoms with Crippen LogP contribution in [0.2, 0.25) is 0 Å². The van der Waals surface area contributed by atoms with E-state index in [1.165, 1.54) is 12.1 Å². The van der Waals surface area contributed by atoms with Crippen LogP contribution in [0.4, 0.5) is 10.1 Å². The number of anilines is 1. The van der Waals surface area contributed by atoms with Crippen molar-refractivity contribution in [3.8, 4) is 0 Å². The average Bonchev–Trinajstić information content (AvgIpc) is 2.26. The lowest BCUT2D eigenvalue weighted by atomic mass is 10.1. The molecule has 1 rings (SSSR count). The first-order valence-corrected chi connectivity index (χ1v) is 5.34. The number of halogens is 1. The minimum atomic E-state index is -0.196. The summed E-state index contributed by atoms with van der Waals surface area (Å²) in [6.07, 6.45) is 1.07. The third-order valence-corrected chi connectivity index (χ3v) is 2.71. The van der Waals surface area contributed by atoms with Gasteiger partial charge in [-0.2, -0.15) is 0 Å². The predicted molar refractivity (Wildman–Crippen MR) is 62.5 cm³/mol. The molecule has 3 heteroatoms. The number of hydrogen-bond acceptors (Lipinski definition) is 2. The molecule has 0 saturated carbocycles. The summed E-state index contributed by atoms with van der Waals surface area (Å²) in [6.45, 7) is 3.75.